The number of benzene rings is 1. The van der Waals surface area contributed by atoms with Crippen LogP contribution in [0.15, 0.2) is 18.2 Å². The number of aryl methyl sites for hydroxylation is 1. The van der Waals surface area contributed by atoms with Crippen molar-refractivity contribution in [2.75, 3.05) is 11.9 Å². The van der Waals surface area contributed by atoms with E-state index in [1.54, 1.807) is 0 Å². The molecule has 128 valence electrons. The first-order valence-corrected chi connectivity index (χ1v) is 8.62. The molecule has 1 aliphatic carbocycles. The number of hydrogen-bond acceptors (Lipinski definition) is 3. The van der Waals surface area contributed by atoms with Crippen molar-refractivity contribution >= 4 is 23.4 Å². The van der Waals surface area contributed by atoms with Crippen molar-refractivity contribution in [3.05, 3.63) is 28.8 Å². The van der Waals surface area contributed by atoms with Crippen molar-refractivity contribution in [2.45, 2.75) is 58.6 Å². The summed E-state index contributed by atoms with van der Waals surface area (Å²) in [5.74, 6) is 0.387. The minimum Gasteiger partial charge on any atom is -0.444 e. The minimum absolute atomic E-state index is 0.323. The number of alkyl carbamates (subject to hydrolysis) is 1. The molecule has 0 spiro atoms. The molecule has 2 N–H and O–H groups in total. The van der Waals surface area contributed by atoms with Crippen molar-refractivity contribution in [1.29, 1.82) is 0 Å². The van der Waals surface area contributed by atoms with E-state index >= 15 is 0 Å². The summed E-state index contributed by atoms with van der Waals surface area (Å²) in [6.07, 6.45) is 2.99. The van der Waals surface area contributed by atoms with E-state index in [4.69, 9.17) is 16.3 Å². The number of ether oxygens (including phenoxy) is 1. The summed E-state index contributed by atoms with van der Waals surface area (Å²) in [5.41, 5.74) is 1.68. The molecule has 1 aliphatic rings. The highest BCUT2D eigenvalue weighted by Gasteiger charge is 2.29. The Kier molecular flexibility index (Phi) is 5.79. The van der Waals surface area contributed by atoms with Crippen molar-refractivity contribution in [2.24, 2.45) is 5.92 Å². The highest BCUT2D eigenvalue weighted by Crippen LogP contribution is 2.32. The van der Waals surface area contributed by atoms with Crippen molar-refractivity contribution in [1.82, 2.24) is 5.32 Å². The fourth-order valence-corrected chi connectivity index (χ4v) is 3.28. The second-order valence-electron chi connectivity index (χ2n) is 7.26. The molecular formula is C18H27ClN2O2. The molecule has 1 aromatic carbocycles. The van der Waals surface area contributed by atoms with Gasteiger partial charge in [-0.05, 0) is 58.1 Å². The molecule has 5 heteroatoms. The van der Waals surface area contributed by atoms with Gasteiger partial charge in [0.15, 0.2) is 0 Å². The highest BCUT2D eigenvalue weighted by molar-refractivity contribution is 6.33. The van der Waals surface area contributed by atoms with E-state index in [0.717, 1.165) is 35.5 Å². The number of rotatable bonds is 4. The van der Waals surface area contributed by atoms with Gasteiger partial charge in [-0.3, -0.25) is 0 Å². The number of halogens is 1. The van der Waals surface area contributed by atoms with Crippen LogP contribution in [0.1, 0.15) is 45.6 Å². The standard InChI is InChI=1S/C18H27ClN2O2/c1-12-7-5-9-14(19)16(12)21-15-10-6-8-13(15)11-20-17(22)23-18(2,3)4/h5,7,9,13,15,21H,6,8,10-11H2,1-4H3,(H,20,22). The Balaban J connectivity index is 1.92. The molecule has 2 atom stereocenters. The lowest BCUT2D eigenvalue weighted by atomic mass is 10.0. The zero-order valence-electron chi connectivity index (χ0n) is 14.4. The van der Waals surface area contributed by atoms with Gasteiger partial charge in [0.25, 0.3) is 0 Å². The van der Waals surface area contributed by atoms with Crippen LogP contribution in [0.4, 0.5) is 10.5 Å². The Morgan fingerprint density at radius 2 is 2.09 bits per heavy atom. The molecule has 0 radical (unpaired) electrons. The summed E-state index contributed by atoms with van der Waals surface area (Å²) in [6.45, 7) is 8.28. The van der Waals surface area contributed by atoms with Gasteiger partial charge in [-0.2, -0.15) is 0 Å². The molecule has 4 nitrogen and oxygen atoms in total. The van der Waals surface area contributed by atoms with Gasteiger partial charge in [0.1, 0.15) is 5.60 Å². The Morgan fingerprint density at radius 3 is 2.74 bits per heavy atom. The van der Waals surface area contributed by atoms with Gasteiger partial charge in [-0.1, -0.05) is 30.2 Å². The van der Waals surface area contributed by atoms with Crippen LogP contribution in [0.25, 0.3) is 0 Å². The number of para-hydroxylation sites is 1. The SMILES string of the molecule is Cc1cccc(Cl)c1NC1CCCC1CNC(=O)OC(C)(C)C. The van der Waals surface area contributed by atoms with Crippen LogP contribution in [0.3, 0.4) is 0 Å². The molecule has 0 heterocycles. The molecule has 1 amide bonds. The minimum atomic E-state index is -0.466. The van der Waals surface area contributed by atoms with E-state index in [9.17, 15) is 4.79 Å². The molecule has 0 aliphatic heterocycles. The first-order chi connectivity index (χ1) is 10.8. The van der Waals surface area contributed by atoms with Crippen LogP contribution in [0.2, 0.25) is 5.02 Å². The van der Waals surface area contributed by atoms with E-state index in [0.29, 0.717) is 18.5 Å². The maximum atomic E-state index is 11.8. The summed E-state index contributed by atoms with van der Waals surface area (Å²) >= 11 is 6.30. The Morgan fingerprint density at radius 1 is 1.35 bits per heavy atom. The third kappa shape index (κ3) is 5.31. The van der Waals surface area contributed by atoms with Gasteiger partial charge in [-0.25, -0.2) is 4.79 Å². The third-order valence-electron chi connectivity index (χ3n) is 4.12. The first kappa shape index (κ1) is 17.9. The molecule has 2 rings (SSSR count). The van der Waals surface area contributed by atoms with Gasteiger partial charge < -0.3 is 15.4 Å². The summed E-state index contributed by atoms with van der Waals surface area (Å²) in [4.78, 5) is 11.8. The van der Waals surface area contributed by atoms with Gasteiger partial charge in [0.05, 0.1) is 10.7 Å². The van der Waals surface area contributed by atoms with E-state index in [1.165, 1.54) is 0 Å². The Labute approximate surface area is 143 Å². The lowest BCUT2D eigenvalue weighted by Crippen LogP contribution is -2.38. The number of anilines is 1. The zero-order valence-corrected chi connectivity index (χ0v) is 15.2. The zero-order chi connectivity index (χ0) is 17.0. The van der Waals surface area contributed by atoms with Crippen LogP contribution < -0.4 is 10.6 Å². The van der Waals surface area contributed by atoms with Crippen LogP contribution in [-0.2, 0) is 4.74 Å². The summed E-state index contributed by atoms with van der Waals surface area (Å²) in [7, 11) is 0. The van der Waals surface area contributed by atoms with E-state index in [-0.39, 0.29) is 6.09 Å². The number of carbonyl (C=O) groups is 1. The van der Waals surface area contributed by atoms with Gasteiger partial charge in [0, 0.05) is 12.6 Å². The fraction of sp³-hybridized carbons (Fsp3) is 0.611. The lowest BCUT2D eigenvalue weighted by Gasteiger charge is -2.25. The highest BCUT2D eigenvalue weighted by atomic mass is 35.5. The average molecular weight is 339 g/mol. The van der Waals surface area contributed by atoms with Gasteiger partial charge in [-0.15, -0.1) is 0 Å². The molecule has 0 aromatic heterocycles. The molecule has 0 bridgehead atoms. The van der Waals surface area contributed by atoms with E-state index < -0.39 is 5.60 Å². The number of amides is 1. The topological polar surface area (TPSA) is 50.4 Å². The van der Waals surface area contributed by atoms with Crippen LogP contribution in [0.5, 0.6) is 0 Å². The summed E-state index contributed by atoms with van der Waals surface area (Å²) in [5, 5.41) is 7.21. The molecular weight excluding hydrogens is 312 g/mol. The average Bonchev–Trinajstić information content (AvgIpc) is 2.86. The van der Waals surface area contributed by atoms with Crippen molar-refractivity contribution < 1.29 is 9.53 Å². The third-order valence-corrected chi connectivity index (χ3v) is 4.43. The quantitative estimate of drug-likeness (QED) is 0.832. The van der Waals surface area contributed by atoms with E-state index in [1.807, 2.05) is 32.9 Å². The van der Waals surface area contributed by atoms with Crippen molar-refractivity contribution in [3.63, 3.8) is 0 Å². The van der Waals surface area contributed by atoms with Gasteiger partial charge >= 0.3 is 6.09 Å². The largest absolute Gasteiger partial charge is 0.444 e. The molecule has 23 heavy (non-hydrogen) atoms. The van der Waals surface area contributed by atoms with Crippen LogP contribution in [0, 0.1) is 12.8 Å². The predicted octanol–water partition coefficient (Wildman–Crippen LogP) is 4.75. The molecule has 1 saturated carbocycles. The van der Waals surface area contributed by atoms with Gasteiger partial charge in [0.2, 0.25) is 0 Å². The number of hydrogen-bond donors (Lipinski definition) is 2. The number of nitrogens with one attached hydrogen (secondary N) is 2. The smallest absolute Gasteiger partial charge is 0.407 e. The van der Waals surface area contributed by atoms with E-state index in [2.05, 4.69) is 23.6 Å². The maximum absolute atomic E-state index is 11.8. The molecule has 1 fully saturated rings. The summed E-state index contributed by atoms with van der Waals surface area (Å²) in [6, 6.07) is 6.24. The maximum Gasteiger partial charge on any atom is 0.407 e. The molecule has 2 unspecified atom stereocenters. The lowest BCUT2D eigenvalue weighted by molar-refractivity contribution is 0.0519. The summed E-state index contributed by atoms with van der Waals surface area (Å²) < 4.78 is 5.30. The Hall–Kier alpha value is -1.42. The predicted molar refractivity (Wildman–Crippen MR) is 95.2 cm³/mol. The van der Waals surface area contributed by atoms with Crippen molar-refractivity contribution in [3.8, 4) is 0 Å². The Bertz CT molecular complexity index is 534. The van der Waals surface area contributed by atoms with Crippen LogP contribution in [-0.4, -0.2) is 24.3 Å². The second kappa shape index (κ2) is 7.43. The first-order valence-electron chi connectivity index (χ1n) is 8.25. The number of carbonyl (C=O) groups excluding carboxylic acids is 1. The van der Waals surface area contributed by atoms with Crippen LogP contribution >= 0.6 is 11.6 Å². The fourth-order valence-electron chi connectivity index (χ4n) is 3.00. The normalized spacial score (nSPS) is 21.1. The molecule has 0 saturated heterocycles. The molecule has 1 aromatic rings. The monoisotopic (exact) mass is 338 g/mol. The second-order valence-corrected chi connectivity index (χ2v) is 7.66.